The van der Waals surface area contributed by atoms with Gasteiger partial charge in [0, 0.05) is 6.20 Å². The third-order valence-electron chi connectivity index (χ3n) is 4.06. The van der Waals surface area contributed by atoms with Gasteiger partial charge in [-0.1, -0.05) is 26.0 Å². The molecule has 0 saturated heterocycles. The third kappa shape index (κ3) is 4.54. The Labute approximate surface area is 163 Å². The molecule has 0 bridgehead atoms. The van der Waals surface area contributed by atoms with Crippen LogP contribution in [0.5, 0.6) is 0 Å². The topological polar surface area (TPSA) is 113 Å². The van der Waals surface area contributed by atoms with Crippen LogP contribution in [0.4, 0.5) is 0 Å². The number of imidazole rings is 1. The van der Waals surface area contributed by atoms with E-state index in [0.29, 0.717) is 18.2 Å². The Hall–Kier alpha value is -2.68. The van der Waals surface area contributed by atoms with Crippen molar-refractivity contribution in [2.24, 2.45) is 5.92 Å². The molecule has 0 fully saturated rings. The molecule has 1 atom stereocenters. The van der Waals surface area contributed by atoms with Crippen LogP contribution in [0.25, 0.3) is 11.0 Å². The lowest BCUT2D eigenvalue weighted by atomic mass is 10.0. The number of aromatic amines is 2. The van der Waals surface area contributed by atoms with Crippen molar-refractivity contribution in [2.45, 2.75) is 32.9 Å². The highest BCUT2D eigenvalue weighted by atomic mass is 79.9. The smallest absolute Gasteiger partial charge is 0.328 e. The summed E-state index contributed by atoms with van der Waals surface area (Å²) >= 11 is 3.06. The first-order chi connectivity index (χ1) is 12.8. The maximum atomic E-state index is 12.5. The highest BCUT2D eigenvalue weighted by molar-refractivity contribution is 9.10. The van der Waals surface area contributed by atoms with Crippen molar-refractivity contribution in [2.75, 3.05) is 0 Å². The number of hydrogen-bond donors (Lipinski definition) is 3. The summed E-state index contributed by atoms with van der Waals surface area (Å²) in [5, 5.41) is 2.94. The first-order valence-corrected chi connectivity index (χ1v) is 9.36. The molecular formula is C18H20BrN5O3. The van der Waals surface area contributed by atoms with E-state index in [0.717, 1.165) is 15.6 Å². The van der Waals surface area contributed by atoms with E-state index in [1.165, 1.54) is 6.20 Å². The van der Waals surface area contributed by atoms with Crippen LogP contribution in [0, 0.1) is 5.92 Å². The SMILES string of the molecule is CC(C)CC(NC(=O)Cn1cc(Br)c(=O)[nH]c1=O)c1nc2ccccc2[nH]1. The minimum Gasteiger partial charge on any atom is -0.345 e. The van der Waals surface area contributed by atoms with E-state index < -0.39 is 11.2 Å². The fourth-order valence-corrected chi connectivity index (χ4v) is 3.19. The van der Waals surface area contributed by atoms with Crippen molar-refractivity contribution in [3.05, 3.63) is 61.6 Å². The number of carbonyl (C=O) groups excluding carboxylic acids is 1. The Balaban J connectivity index is 1.82. The molecule has 1 aromatic carbocycles. The first kappa shape index (κ1) is 19.1. The summed E-state index contributed by atoms with van der Waals surface area (Å²) in [5.41, 5.74) is 0.562. The largest absolute Gasteiger partial charge is 0.345 e. The van der Waals surface area contributed by atoms with Gasteiger partial charge < -0.3 is 10.3 Å². The number of H-pyrrole nitrogens is 2. The van der Waals surface area contributed by atoms with Gasteiger partial charge in [-0.3, -0.25) is 19.1 Å². The van der Waals surface area contributed by atoms with Gasteiger partial charge in [-0.25, -0.2) is 9.78 Å². The van der Waals surface area contributed by atoms with E-state index in [9.17, 15) is 14.4 Å². The van der Waals surface area contributed by atoms with Crippen LogP contribution in [-0.2, 0) is 11.3 Å². The average molecular weight is 434 g/mol. The van der Waals surface area contributed by atoms with Crippen molar-refractivity contribution < 1.29 is 4.79 Å². The minimum absolute atomic E-state index is 0.186. The molecule has 0 aliphatic heterocycles. The van der Waals surface area contributed by atoms with Gasteiger partial charge in [0.15, 0.2) is 0 Å². The summed E-state index contributed by atoms with van der Waals surface area (Å²) in [5.74, 6) is 0.656. The number of fused-ring (bicyclic) bond motifs is 1. The number of hydrogen-bond acceptors (Lipinski definition) is 4. The fourth-order valence-electron chi connectivity index (χ4n) is 2.84. The maximum Gasteiger partial charge on any atom is 0.328 e. The molecule has 0 aliphatic carbocycles. The monoisotopic (exact) mass is 433 g/mol. The highest BCUT2D eigenvalue weighted by Crippen LogP contribution is 2.21. The van der Waals surface area contributed by atoms with E-state index in [1.54, 1.807) is 0 Å². The molecule has 0 spiro atoms. The number of nitrogens with zero attached hydrogens (tertiary/aromatic N) is 2. The number of rotatable bonds is 6. The standard InChI is InChI=1S/C18H20BrN5O3/c1-10(2)7-14(16-21-12-5-3-4-6-13(12)22-16)20-15(25)9-24-8-11(19)17(26)23-18(24)27/h3-6,8,10,14H,7,9H2,1-2H3,(H,20,25)(H,21,22)(H,23,26,27). The van der Waals surface area contributed by atoms with Gasteiger partial charge in [-0.05, 0) is 40.4 Å². The van der Waals surface area contributed by atoms with Crippen molar-refractivity contribution in [3.63, 3.8) is 0 Å². The molecule has 0 radical (unpaired) electrons. The number of nitrogens with one attached hydrogen (secondary N) is 3. The molecule has 0 saturated carbocycles. The van der Waals surface area contributed by atoms with Gasteiger partial charge in [0.2, 0.25) is 5.91 Å². The summed E-state index contributed by atoms with van der Waals surface area (Å²) in [6.07, 6.45) is 2.00. The molecule has 9 heteroatoms. The molecule has 3 N–H and O–H groups in total. The Morgan fingerprint density at radius 2 is 2.00 bits per heavy atom. The molecule has 3 aromatic rings. The van der Waals surface area contributed by atoms with Crippen molar-refractivity contribution in [3.8, 4) is 0 Å². The van der Waals surface area contributed by atoms with Crippen LogP contribution in [-0.4, -0.2) is 25.4 Å². The number of amides is 1. The summed E-state index contributed by atoms with van der Waals surface area (Å²) in [7, 11) is 0. The molecule has 1 amide bonds. The molecule has 2 heterocycles. The zero-order valence-corrected chi connectivity index (χ0v) is 16.5. The zero-order valence-electron chi connectivity index (χ0n) is 15.0. The van der Waals surface area contributed by atoms with E-state index in [-0.39, 0.29) is 23.0 Å². The fraction of sp³-hybridized carbons (Fsp3) is 0.333. The number of para-hydroxylation sites is 2. The number of carbonyl (C=O) groups is 1. The predicted octanol–water partition coefficient (Wildman–Crippen LogP) is 2.08. The summed E-state index contributed by atoms with van der Waals surface area (Å²) in [4.78, 5) is 45.8. The second-order valence-electron chi connectivity index (χ2n) is 6.75. The summed E-state index contributed by atoms with van der Waals surface area (Å²) < 4.78 is 1.33. The van der Waals surface area contributed by atoms with Crippen molar-refractivity contribution in [1.29, 1.82) is 0 Å². The lowest BCUT2D eigenvalue weighted by molar-refractivity contribution is -0.122. The van der Waals surface area contributed by atoms with Crippen LogP contribution in [0.1, 0.15) is 32.1 Å². The molecule has 8 nitrogen and oxygen atoms in total. The van der Waals surface area contributed by atoms with Crippen molar-refractivity contribution in [1.82, 2.24) is 24.8 Å². The quantitative estimate of drug-likeness (QED) is 0.552. The lowest BCUT2D eigenvalue weighted by Crippen LogP contribution is -2.38. The molecule has 0 aliphatic rings. The second kappa shape index (κ2) is 7.91. The summed E-state index contributed by atoms with van der Waals surface area (Å²) in [6, 6.07) is 7.34. The Morgan fingerprint density at radius 1 is 1.26 bits per heavy atom. The summed E-state index contributed by atoms with van der Waals surface area (Å²) in [6.45, 7) is 3.92. The highest BCUT2D eigenvalue weighted by Gasteiger charge is 2.20. The number of halogens is 1. The van der Waals surface area contributed by atoms with Crippen LogP contribution in [0.3, 0.4) is 0 Å². The first-order valence-electron chi connectivity index (χ1n) is 8.56. The zero-order chi connectivity index (χ0) is 19.6. The molecule has 27 heavy (non-hydrogen) atoms. The van der Waals surface area contributed by atoms with Crippen LogP contribution >= 0.6 is 15.9 Å². The number of aromatic nitrogens is 4. The Morgan fingerprint density at radius 3 is 2.70 bits per heavy atom. The molecular weight excluding hydrogens is 414 g/mol. The van der Waals surface area contributed by atoms with E-state index in [2.05, 4.69) is 50.0 Å². The third-order valence-corrected chi connectivity index (χ3v) is 4.63. The molecule has 2 aromatic heterocycles. The minimum atomic E-state index is -0.637. The van der Waals surface area contributed by atoms with Gasteiger partial charge in [-0.2, -0.15) is 0 Å². The lowest BCUT2D eigenvalue weighted by Gasteiger charge is -2.19. The second-order valence-corrected chi connectivity index (χ2v) is 7.61. The van der Waals surface area contributed by atoms with Gasteiger partial charge in [-0.15, -0.1) is 0 Å². The van der Waals surface area contributed by atoms with E-state index in [1.807, 2.05) is 24.3 Å². The normalized spacial score (nSPS) is 12.4. The molecule has 142 valence electrons. The van der Waals surface area contributed by atoms with Crippen LogP contribution in [0.2, 0.25) is 0 Å². The van der Waals surface area contributed by atoms with Gasteiger partial charge in [0.25, 0.3) is 5.56 Å². The van der Waals surface area contributed by atoms with Gasteiger partial charge in [0.1, 0.15) is 12.4 Å². The Bertz CT molecular complexity index is 1050. The maximum absolute atomic E-state index is 12.5. The van der Waals surface area contributed by atoms with Gasteiger partial charge in [0.05, 0.1) is 21.5 Å². The average Bonchev–Trinajstić information content (AvgIpc) is 3.03. The van der Waals surface area contributed by atoms with Crippen LogP contribution < -0.4 is 16.6 Å². The predicted molar refractivity (Wildman–Crippen MR) is 105 cm³/mol. The van der Waals surface area contributed by atoms with Gasteiger partial charge >= 0.3 is 5.69 Å². The molecule has 1 unspecified atom stereocenters. The van der Waals surface area contributed by atoms with Crippen molar-refractivity contribution >= 4 is 32.9 Å². The Kier molecular flexibility index (Phi) is 5.59. The molecule has 3 rings (SSSR count). The van der Waals surface area contributed by atoms with E-state index in [4.69, 9.17) is 0 Å². The van der Waals surface area contributed by atoms with Crippen LogP contribution in [0.15, 0.2) is 44.5 Å². The van der Waals surface area contributed by atoms with E-state index >= 15 is 0 Å². The number of benzene rings is 1.